The summed E-state index contributed by atoms with van der Waals surface area (Å²) in [6.07, 6.45) is 4.63. The van der Waals surface area contributed by atoms with Crippen LogP contribution in [0.15, 0.2) is 0 Å². The quantitative estimate of drug-likeness (QED) is 0.762. The third kappa shape index (κ3) is 4.99. The summed E-state index contributed by atoms with van der Waals surface area (Å²) in [5, 5.41) is 0.397. The van der Waals surface area contributed by atoms with Crippen molar-refractivity contribution >= 4 is 17.7 Å². The average Bonchev–Trinajstić information content (AvgIpc) is 2.38. The first-order valence-corrected chi connectivity index (χ1v) is 8.48. The first-order valence-electron chi connectivity index (χ1n) is 7.43. The van der Waals surface area contributed by atoms with E-state index in [-0.39, 0.29) is 12.0 Å². The minimum Gasteiger partial charge on any atom is -0.465 e. The topological polar surface area (TPSA) is 52.3 Å². The molecule has 2 N–H and O–H groups in total. The molecule has 0 bridgehead atoms. The lowest BCUT2D eigenvalue weighted by molar-refractivity contribution is -0.139. The van der Waals surface area contributed by atoms with Gasteiger partial charge in [0.25, 0.3) is 0 Å². The minimum atomic E-state index is -0.114. The summed E-state index contributed by atoms with van der Waals surface area (Å²) in [5.41, 5.74) is 6.59. The second-order valence-electron chi connectivity index (χ2n) is 6.17. The monoisotopic (exact) mass is 287 g/mol. The Labute approximate surface area is 122 Å². The van der Waals surface area contributed by atoms with E-state index in [9.17, 15) is 4.79 Å². The molecule has 0 saturated heterocycles. The first kappa shape index (κ1) is 16.8. The summed E-state index contributed by atoms with van der Waals surface area (Å²) in [7, 11) is 0. The van der Waals surface area contributed by atoms with E-state index in [4.69, 9.17) is 10.5 Å². The number of hydrogen-bond acceptors (Lipinski definition) is 4. The molecule has 0 spiro atoms. The third-order valence-electron chi connectivity index (χ3n) is 4.58. The van der Waals surface area contributed by atoms with E-state index in [2.05, 4.69) is 20.8 Å². The van der Waals surface area contributed by atoms with Gasteiger partial charge >= 0.3 is 5.97 Å². The number of esters is 1. The summed E-state index contributed by atoms with van der Waals surface area (Å²) >= 11 is 1.68. The Morgan fingerprint density at radius 2 is 2.05 bits per heavy atom. The van der Waals surface area contributed by atoms with Crippen LogP contribution in [-0.2, 0) is 9.53 Å². The molecule has 1 fully saturated rings. The second-order valence-corrected chi connectivity index (χ2v) is 7.40. The van der Waals surface area contributed by atoms with Gasteiger partial charge in [-0.2, -0.15) is 0 Å². The van der Waals surface area contributed by atoms with Gasteiger partial charge in [0.1, 0.15) is 0 Å². The van der Waals surface area contributed by atoms with Gasteiger partial charge in [-0.25, -0.2) is 0 Å². The van der Waals surface area contributed by atoms with Crippen molar-refractivity contribution in [3.8, 4) is 0 Å². The predicted molar refractivity (Wildman–Crippen MR) is 82.3 cm³/mol. The number of thioether (sulfide) groups is 1. The zero-order chi connectivity index (χ0) is 14.5. The van der Waals surface area contributed by atoms with Gasteiger partial charge in [-0.3, -0.25) is 4.79 Å². The van der Waals surface area contributed by atoms with Crippen LogP contribution in [0.25, 0.3) is 0 Å². The molecule has 3 atom stereocenters. The van der Waals surface area contributed by atoms with Crippen molar-refractivity contribution in [3.05, 3.63) is 0 Å². The number of carbonyl (C=O) groups excluding carboxylic acids is 1. The van der Waals surface area contributed by atoms with Crippen LogP contribution >= 0.6 is 11.8 Å². The number of hydrogen-bond donors (Lipinski definition) is 1. The molecule has 0 aromatic carbocycles. The molecule has 1 rings (SSSR count). The van der Waals surface area contributed by atoms with Crippen molar-refractivity contribution in [3.63, 3.8) is 0 Å². The van der Waals surface area contributed by atoms with Crippen LogP contribution in [-0.4, -0.2) is 29.6 Å². The molecule has 0 aliphatic heterocycles. The highest BCUT2D eigenvalue weighted by atomic mass is 32.2. The highest BCUT2D eigenvalue weighted by Gasteiger charge is 2.36. The summed E-state index contributed by atoms with van der Waals surface area (Å²) in [4.78, 5) is 11.4. The smallest absolute Gasteiger partial charge is 0.315 e. The maximum Gasteiger partial charge on any atom is 0.315 e. The Bertz CT molecular complexity index is 294. The van der Waals surface area contributed by atoms with E-state index >= 15 is 0 Å². The van der Waals surface area contributed by atoms with Crippen LogP contribution in [0.4, 0.5) is 0 Å². The fourth-order valence-corrected chi connectivity index (χ4v) is 3.91. The molecular weight excluding hydrogens is 258 g/mol. The van der Waals surface area contributed by atoms with Gasteiger partial charge in [0.15, 0.2) is 0 Å². The molecule has 1 aliphatic rings. The number of rotatable bonds is 6. The zero-order valence-corrected chi connectivity index (χ0v) is 13.6. The molecular formula is C15H29NO2S. The maximum atomic E-state index is 11.4. The highest BCUT2D eigenvalue weighted by Crippen LogP contribution is 2.43. The average molecular weight is 287 g/mol. The summed E-state index contributed by atoms with van der Waals surface area (Å²) in [6.45, 7) is 9.26. The Hall–Kier alpha value is -0.220. The summed E-state index contributed by atoms with van der Waals surface area (Å²) in [6, 6.07) is 0.225. The second kappa shape index (κ2) is 7.53. The zero-order valence-electron chi connectivity index (χ0n) is 12.8. The van der Waals surface area contributed by atoms with Crippen LogP contribution in [0.2, 0.25) is 0 Å². The van der Waals surface area contributed by atoms with Crippen LogP contribution in [0.5, 0.6) is 0 Å². The SMILES string of the molecule is CCOC(=O)CSC1CC(C(C)(C)CC)CCC1N. The molecule has 0 radical (unpaired) electrons. The third-order valence-corrected chi connectivity index (χ3v) is 5.95. The lowest BCUT2D eigenvalue weighted by Gasteiger charge is -2.41. The van der Waals surface area contributed by atoms with E-state index in [1.165, 1.54) is 12.8 Å². The normalized spacial score (nSPS) is 28.2. The van der Waals surface area contributed by atoms with Crippen molar-refractivity contribution in [2.24, 2.45) is 17.1 Å². The maximum absolute atomic E-state index is 11.4. The van der Waals surface area contributed by atoms with Gasteiger partial charge in [-0.05, 0) is 37.5 Å². The molecule has 3 unspecified atom stereocenters. The molecule has 0 aromatic rings. The molecule has 4 heteroatoms. The van der Waals surface area contributed by atoms with Crippen molar-refractivity contribution in [2.75, 3.05) is 12.4 Å². The number of ether oxygens (including phenoxy) is 1. The Balaban J connectivity index is 2.49. The number of carbonyl (C=O) groups is 1. The van der Waals surface area contributed by atoms with E-state index in [1.54, 1.807) is 11.8 Å². The van der Waals surface area contributed by atoms with Crippen molar-refractivity contribution < 1.29 is 9.53 Å². The van der Waals surface area contributed by atoms with Gasteiger partial charge in [-0.15, -0.1) is 11.8 Å². The van der Waals surface area contributed by atoms with Gasteiger partial charge in [0.05, 0.1) is 12.4 Å². The van der Waals surface area contributed by atoms with E-state index in [1.807, 2.05) is 6.92 Å². The number of nitrogens with two attached hydrogens (primary N) is 1. The Kier molecular flexibility index (Phi) is 6.67. The van der Waals surface area contributed by atoms with Crippen molar-refractivity contribution in [1.29, 1.82) is 0 Å². The molecule has 3 nitrogen and oxygen atoms in total. The first-order chi connectivity index (χ1) is 8.90. The lowest BCUT2D eigenvalue weighted by atomic mass is 9.69. The van der Waals surface area contributed by atoms with Crippen LogP contribution in [0.3, 0.4) is 0 Å². The van der Waals surface area contributed by atoms with Crippen molar-refractivity contribution in [2.45, 2.75) is 64.7 Å². The molecule has 19 heavy (non-hydrogen) atoms. The van der Waals surface area contributed by atoms with Gasteiger partial charge in [0, 0.05) is 11.3 Å². The largest absolute Gasteiger partial charge is 0.465 e. The van der Waals surface area contributed by atoms with Crippen LogP contribution < -0.4 is 5.73 Å². The van der Waals surface area contributed by atoms with E-state index in [0.29, 0.717) is 23.0 Å². The standard InChI is InChI=1S/C15H29NO2S/c1-5-15(3,4)11-7-8-12(16)13(9-11)19-10-14(17)18-6-2/h11-13H,5-10,16H2,1-4H3. The summed E-state index contributed by atoms with van der Waals surface area (Å²) < 4.78 is 4.98. The van der Waals surface area contributed by atoms with Crippen LogP contribution in [0.1, 0.15) is 53.4 Å². The van der Waals surface area contributed by atoms with Gasteiger partial charge in [0.2, 0.25) is 0 Å². The molecule has 112 valence electrons. The predicted octanol–water partition coefficient (Wildman–Crippen LogP) is 3.21. The molecule has 1 saturated carbocycles. The van der Waals surface area contributed by atoms with E-state index < -0.39 is 0 Å². The Morgan fingerprint density at radius 3 is 2.63 bits per heavy atom. The van der Waals surface area contributed by atoms with Crippen LogP contribution in [0, 0.1) is 11.3 Å². The van der Waals surface area contributed by atoms with Crippen molar-refractivity contribution in [1.82, 2.24) is 0 Å². The Morgan fingerprint density at radius 1 is 1.37 bits per heavy atom. The molecule has 0 amide bonds. The lowest BCUT2D eigenvalue weighted by Crippen LogP contribution is -2.42. The highest BCUT2D eigenvalue weighted by molar-refractivity contribution is 8.00. The molecule has 0 heterocycles. The fourth-order valence-electron chi connectivity index (χ4n) is 2.72. The van der Waals surface area contributed by atoms with Gasteiger partial charge in [-0.1, -0.05) is 27.2 Å². The minimum absolute atomic E-state index is 0.114. The van der Waals surface area contributed by atoms with Gasteiger partial charge < -0.3 is 10.5 Å². The van der Waals surface area contributed by atoms with E-state index in [0.717, 1.165) is 18.8 Å². The molecule has 1 aliphatic carbocycles. The fraction of sp³-hybridized carbons (Fsp3) is 0.933. The summed E-state index contributed by atoms with van der Waals surface area (Å²) in [5.74, 6) is 1.04. The molecule has 0 aromatic heterocycles.